The van der Waals surface area contributed by atoms with Gasteiger partial charge in [-0.05, 0) is 36.4 Å². The number of aromatic hydroxyl groups is 1. The number of phenols is 1. The van der Waals surface area contributed by atoms with Crippen molar-refractivity contribution in [3.8, 4) is 5.75 Å². The number of benzene rings is 2. The molecular weight excluding hydrogens is 298 g/mol. The van der Waals surface area contributed by atoms with Crippen LogP contribution >= 0.6 is 11.8 Å². The molecule has 1 aliphatic rings. The molecule has 0 aromatic heterocycles. The zero-order valence-corrected chi connectivity index (χ0v) is 13.4. The standard InChI is InChI=1S/C16H17N3O2S/c1-17-16(21)19-12-6-4-10(18(2)3)8-14(12)22-15-9-11(20)5-7-13(15)19/h4-9,20H,1-3H3,(H,17,21). The summed E-state index contributed by atoms with van der Waals surface area (Å²) in [6, 6.07) is 10.8. The number of nitrogens with zero attached hydrogens (tertiary/aromatic N) is 2. The maximum absolute atomic E-state index is 12.3. The average molecular weight is 315 g/mol. The van der Waals surface area contributed by atoms with Gasteiger partial charge in [-0.1, -0.05) is 11.8 Å². The summed E-state index contributed by atoms with van der Waals surface area (Å²) in [4.78, 5) is 17.8. The van der Waals surface area contributed by atoms with Crippen molar-refractivity contribution in [3.05, 3.63) is 36.4 Å². The van der Waals surface area contributed by atoms with E-state index in [4.69, 9.17) is 0 Å². The lowest BCUT2D eigenvalue weighted by Gasteiger charge is -2.31. The Morgan fingerprint density at radius 2 is 1.77 bits per heavy atom. The molecule has 1 heterocycles. The van der Waals surface area contributed by atoms with Crippen LogP contribution in [0.25, 0.3) is 0 Å². The fourth-order valence-electron chi connectivity index (χ4n) is 2.40. The van der Waals surface area contributed by atoms with Gasteiger partial charge in [0.15, 0.2) is 0 Å². The second-order valence-electron chi connectivity index (χ2n) is 5.19. The maximum Gasteiger partial charge on any atom is 0.326 e. The van der Waals surface area contributed by atoms with Gasteiger partial charge >= 0.3 is 6.03 Å². The molecule has 5 nitrogen and oxygen atoms in total. The van der Waals surface area contributed by atoms with Gasteiger partial charge in [-0.2, -0.15) is 0 Å². The third-order valence-electron chi connectivity index (χ3n) is 3.52. The number of phenolic OH excluding ortho intramolecular Hbond substituents is 1. The molecule has 2 amide bonds. The van der Waals surface area contributed by atoms with E-state index < -0.39 is 0 Å². The van der Waals surface area contributed by atoms with E-state index in [-0.39, 0.29) is 11.8 Å². The first-order chi connectivity index (χ1) is 10.5. The molecular formula is C16H17N3O2S. The number of carbonyl (C=O) groups excluding carboxylic acids is 1. The second kappa shape index (κ2) is 5.46. The highest BCUT2D eigenvalue weighted by Gasteiger charge is 2.28. The highest BCUT2D eigenvalue weighted by atomic mass is 32.2. The van der Waals surface area contributed by atoms with E-state index in [1.807, 2.05) is 37.2 Å². The first-order valence-electron chi connectivity index (χ1n) is 6.85. The Labute approximate surface area is 133 Å². The van der Waals surface area contributed by atoms with Gasteiger partial charge in [0.1, 0.15) is 5.75 Å². The van der Waals surface area contributed by atoms with Gasteiger partial charge in [-0.25, -0.2) is 4.79 Å². The maximum atomic E-state index is 12.3. The number of hydrogen-bond donors (Lipinski definition) is 2. The lowest BCUT2D eigenvalue weighted by atomic mass is 10.2. The number of nitrogens with one attached hydrogen (secondary N) is 1. The van der Waals surface area contributed by atoms with Crippen LogP contribution in [0.2, 0.25) is 0 Å². The molecule has 2 aromatic carbocycles. The molecule has 1 aliphatic heterocycles. The topological polar surface area (TPSA) is 55.8 Å². The molecule has 0 spiro atoms. The number of fused-ring (bicyclic) bond motifs is 2. The zero-order valence-electron chi connectivity index (χ0n) is 12.6. The van der Waals surface area contributed by atoms with Crippen molar-refractivity contribution in [2.75, 3.05) is 30.9 Å². The molecule has 0 atom stereocenters. The summed E-state index contributed by atoms with van der Waals surface area (Å²) in [5, 5.41) is 12.4. The van der Waals surface area contributed by atoms with Crippen LogP contribution in [0.4, 0.5) is 21.9 Å². The van der Waals surface area contributed by atoms with Crippen molar-refractivity contribution < 1.29 is 9.90 Å². The first-order valence-corrected chi connectivity index (χ1v) is 7.67. The van der Waals surface area contributed by atoms with E-state index in [9.17, 15) is 9.90 Å². The van der Waals surface area contributed by atoms with E-state index in [1.54, 1.807) is 41.9 Å². The van der Waals surface area contributed by atoms with Gasteiger partial charge in [0.05, 0.1) is 11.4 Å². The fraction of sp³-hybridized carbons (Fsp3) is 0.188. The summed E-state index contributed by atoms with van der Waals surface area (Å²) in [7, 11) is 5.56. The predicted molar refractivity (Wildman–Crippen MR) is 89.6 cm³/mol. The van der Waals surface area contributed by atoms with Gasteiger partial charge in [-0.3, -0.25) is 4.90 Å². The Kier molecular flexibility index (Phi) is 3.62. The summed E-state index contributed by atoms with van der Waals surface area (Å²) < 4.78 is 0. The zero-order chi connectivity index (χ0) is 15.9. The highest BCUT2D eigenvalue weighted by Crippen LogP contribution is 2.49. The summed E-state index contributed by atoms with van der Waals surface area (Å²) in [5.74, 6) is 0.190. The van der Waals surface area contributed by atoms with Crippen molar-refractivity contribution in [1.29, 1.82) is 0 Å². The van der Waals surface area contributed by atoms with Gasteiger partial charge in [0, 0.05) is 36.6 Å². The molecule has 6 heteroatoms. The summed E-state index contributed by atoms with van der Waals surface area (Å²) in [6.45, 7) is 0. The molecule has 0 bridgehead atoms. The molecule has 0 unspecified atom stereocenters. The average Bonchev–Trinajstić information content (AvgIpc) is 2.51. The molecule has 2 N–H and O–H groups in total. The minimum Gasteiger partial charge on any atom is -0.508 e. The van der Waals surface area contributed by atoms with Gasteiger partial charge in [0.25, 0.3) is 0 Å². The van der Waals surface area contributed by atoms with E-state index in [0.717, 1.165) is 26.9 Å². The predicted octanol–water partition coefficient (Wildman–Crippen LogP) is 3.40. The minimum absolute atomic E-state index is 0.190. The Balaban J connectivity index is 2.17. The van der Waals surface area contributed by atoms with Crippen LogP contribution in [0, 0.1) is 0 Å². The highest BCUT2D eigenvalue weighted by molar-refractivity contribution is 7.99. The normalized spacial score (nSPS) is 12.4. The Morgan fingerprint density at radius 3 is 2.41 bits per heavy atom. The van der Waals surface area contributed by atoms with Crippen LogP contribution in [-0.2, 0) is 0 Å². The molecule has 0 fully saturated rings. The quantitative estimate of drug-likeness (QED) is 0.847. The van der Waals surface area contributed by atoms with Crippen molar-refractivity contribution in [3.63, 3.8) is 0 Å². The monoisotopic (exact) mass is 315 g/mol. The minimum atomic E-state index is -0.203. The van der Waals surface area contributed by atoms with Crippen molar-refractivity contribution in [1.82, 2.24) is 5.32 Å². The van der Waals surface area contributed by atoms with E-state index in [2.05, 4.69) is 5.32 Å². The number of hydrogen-bond acceptors (Lipinski definition) is 4. The molecule has 0 aliphatic carbocycles. The smallest absolute Gasteiger partial charge is 0.326 e. The van der Waals surface area contributed by atoms with Crippen LogP contribution in [0.3, 0.4) is 0 Å². The molecule has 0 radical (unpaired) electrons. The largest absolute Gasteiger partial charge is 0.508 e. The van der Waals surface area contributed by atoms with Crippen LogP contribution in [-0.4, -0.2) is 32.3 Å². The summed E-state index contributed by atoms with van der Waals surface area (Å²) >= 11 is 1.55. The molecule has 0 saturated heterocycles. The first kappa shape index (κ1) is 14.6. The molecule has 0 saturated carbocycles. The summed E-state index contributed by atoms with van der Waals surface area (Å²) in [6.07, 6.45) is 0. The van der Waals surface area contributed by atoms with Crippen LogP contribution in [0.1, 0.15) is 0 Å². The van der Waals surface area contributed by atoms with Gasteiger partial charge in [0.2, 0.25) is 0 Å². The van der Waals surface area contributed by atoms with Crippen molar-refractivity contribution in [2.45, 2.75) is 9.79 Å². The SMILES string of the molecule is CNC(=O)N1c2ccc(O)cc2Sc2cc(N(C)C)ccc21. The Hall–Kier alpha value is -2.34. The van der Waals surface area contributed by atoms with Gasteiger partial charge < -0.3 is 15.3 Å². The van der Waals surface area contributed by atoms with Crippen molar-refractivity contribution in [2.24, 2.45) is 0 Å². The van der Waals surface area contributed by atoms with Crippen LogP contribution in [0.15, 0.2) is 46.2 Å². The molecule has 22 heavy (non-hydrogen) atoms. The van der Waals surface area contributed by atoms with E-state index in [0.29, 0.717) is 0 Å². The second-order valence-corrected chi connectivity index (χ2v) is 6.27. The van der Waals surface area contributed by atoms with Crippen LogP contribution < -0.4 is 15.1 Å². The van der Waals surface area contributed by atoms with E-state index >= 15 is 0 Å². The van der Waals surface area contributed by atoms with Gasteiger partial charge in [-0.15, -0.1) is 0 Å². The third-order valence-corrected chi connectivity index (χ3v) is 4.62. The van der Waals surface area contributed by atoms with Crippen LogP contribution in [0.5, 0.6) is 5.75 Å². The number of anilines is 3. The number of amides is 2. The molecule has 114 valence electrons. The van der Waals surface area contributed by atoms with Crippen molar-refractivity contribution >= 4 is 34.9 Å². The molecule has 2 aromatic rings. The Bertz CT molecular complexity index is 746. The number of urea groups is 1. The number of carbonyl (C=O) groups is 1. The number of rotatable bonds is 1. The lowest BCUT2D eigenvalue weighted by Crippen LogP contribution is -2.36. The third kappa shape index (κ3) is 2.35. The summed E-state index contributed by atoms with van der Waals surface area (Å²) in [5.41, 5.74) is 2.67. The van der Waals surface area contributed by atoms with E-state index in [1.165, 1.54) is 0 Å². The Morgan fingerprint density at radius 1 is 1.14 bits per heavy atom. The fourth-order valence-corrected chi connectivity index (χ4v) is 3.52. The molecule has 3 rings (SSSR count). The lowest BCUT2D eigenvalue weighted by molar-refractivity contribution is 0.250.